The number of aliphatic hydroxyl groups is 1. The number of amides is 1. The Morgan fingerprint density at radius 2 is 2.06 bits per heavy atom. The van der Waals surface area contributed by atoms with Crippen LogP contribution in [0.15, 0.2) is 30.3 Å². The van der Waals surface area contributed by atoms with Gasteiger partial charge < -0.3 is 16.2 Å². The summed E-state index contributed by atoms with van der Waals surface area (Å²) in [7, 11) is 0. The van der Waals surface area contributed by atoms with Crippen LogP contribution < -0.4 is 11.1 Å². The quantitative estimate of drug-likeness (QED) is 0.571. The Kier molecular flexibility index (Phi) is 5.53. The highest BCUT2D eigenvalue weighted by atomic mass is 16.3. The Morgan fingerprint density at radius 1 is 1.38 bits per heavy atom. The van der Waals surface area contributed by atoms with Crippen LogP contribution in [0, 0.1) is 0 Å². The summed E-state index contributed by atoms with van der Waals surface area (Å²) in [6.45, 7) is 0.989. The molecule has 16 heavy (non-hydrogen) atoms. The highest BCUT2D eigenvalue weighted by molar-refractivity contribution is 5.78. The molecule has 4 N–H and O–H groups in total. The first kappa shape index (κ1) is 12.7. The summed E-state index contributed by atoms with van der Waals surface area (Å²) >= 11 is 0. The third kappa shape index (κ3) is 4.91. The molecule has 0 bridgehead atoms. The van der Waals surface area contributed by atoms with Crippen LogP contribution in [0.4, 0.5) is 0 Å². The molecule has 1 aromatic rings. The van der Waals surface area contributed by atoms with Gasteiger partial charge >= 0.3 is 0 Å². The smallest absolute Gasteiger partial charge is 0.247 e. The van der Waals surface area contributed by atoms with Crippen molar-refractivity contribution >= 4 is 5.91 Å². The highest BCUT2D eigenvalue weighted by Gasteiger charge is 2.08. The summed E-state index contributed by atoms with van der Waals surface area (Å²) in [6.07, 6.45) is 0.868. The predicted molar refractivity (Wildman–Crippen MR) is 62.8 cm³/mol. The van der Waals surface area contributed by atoms with Gasteiger partial charge in [-0.3, -0.25) is 4.79 Å². The Bertz CT molecular complexity index is 314. The maximum absolute atomic E-state index is 10.5. The van der Waals surface area contributed by atoms with Crippen molar-refractivity contribution in [3.8, 4) is 0 Å². The van der Waals surface area contributed by atoms with Crippen molar-refractivity contribution in [1.29, 1.82) is 0 Å². The van der Waals surface area contributed by atoms with E-state index >= 15 is 0 Å². The molecular weight excluding hydrogens is 204 g/mol. The van der Waals surface area contributed by atoms with Crippen molar-refractivity contribution < 1.29 is 9.90 Å². The number of aryl methyl sites for hydroxylation is 1. The molecule has 88 valence electrons. The second kappa shape index (κ2) is 6.98. The zero-order chi connectivity index (χ0) is 11.8. The number of nitrogens with one attached hydrogen (secondary N) is 1. The fourth-order valence-electron chi connectivity index (χ4n) is 1.40. The van der Waals surface area contributed by atoms with Crippen LogP contribution in [0.2, 0.25) is 0 Å². The molecule has 0 radical (unpaired) electrons. The summed E-state index contributed by atoms with van der Waals surface area (Å²) in [4.78, 5) is 10.5. The first-order chi connectivity index (χ1) is 7.70. The molecule has 0 saturated heterocycles. The lowest BCUT2D eigenvalue weighted by atomic mass is 10.1. The van der Waals surface area contributed by atoms with Crippen LogP contribution >= 0.6 is 0 Å². The van der Waals surface area contributed by atoms with Gasteiger partial charge in [0, 0.05) is 6.54 Å². The molecule has 1 rings (SSSR count). The highest BCUT2D eigenvalue weighted by Crippen LogP contribution is 2.01. The van der Waals surface area contributed by atoms with Gasteiger partial charge in [0.25, 0.3) is 0 Å². The predicted octanol–water partition coefficient (Wildman–Crippen LogP) is 0.0550. The van der Waals surface area contributed by atoms with Crippen molar-refractivity contribution in [1.82, 2.24) is 5.32 Å². The van der Waals surface area contributed by atoms with Crippen LogP contribution in [0.3, 0.4) is 0 Å². The third-order valence-corrected chi connectivity index (χ3v) is 2.33. The molecule has 0 aliphatic rings. The number of primary amides is 1. The Hall–Kier alpha value is -1.39. The molecule has 0 spiro atoms. The fourth-order valence-corrected chi connectivity index (χ4v) is 1.40. The van der Waals surface area contributed by atoms with Gasteiger partial charge in [0.15, 0.2) is 0 Å². The lowest BCUT2D eigenvalue weighted by molar-refractivity contribution is -0.125. The number of hydrogen-bond donors (Lipinski definition) is 3. The molecule has 0 saturated carbocycles. The average Bonchev–Trinajstić information content (AvgIpc) is 2.29. The standard InChI is InChI=1S/C12H18N2O2/c13-12(16)11(15)9-14-8-4-7-10-5-2-1-3-6-10/h1-3,5-6,11,14-15H,4,7-9H2,(H2,13,16). The number of benzene rings is 1. The zero-order valence-corrected chi connectivity index (χ0v) is 9.23. The molecule has 1 atom stereocenters. The number of carbonyl (C=O) groups excluding carboxylic acids is 1. The molecule has 0 fully saturated rings. The molecule has 0 aliphatic heterocycles. The second-order valence-electron chi connectivity index (χ2n) is 3.71. The van der Waals surface area contributed by atoms with Crippen LogP contribution in [0.1, 0.15) is 12.0 Å². The van der Waals surface area contributed by atoms with E-state index in [9.17, 15) is 4.79 Å². The first-order valence-electron chi connectivity index (χ1n) is 5.42. The minimum absolute atomic E-state index is 0.226. The molecule has 4 nitrogen and oxygen atoms in total. The lowest BCUT2D eigenvalue weighted by Gasteiger charge is -2.08. The third-order valence-electron chi connectivity index (χ3n) is 2.33. The van der Waals surface area contributed by atoms with Crippen LogP contribution in [0.25, 0.3) is 0 Å². The van der Waals surface area contributed by atoms with Crippen molar-refractivity contribution in [3.63, 3.8) is 0 Å². The Balaban J connectivity index is 2.07. The maximum Gasteiger partial charge on any atom is 0.247 e. The summed E-state index contributed by atoms with van der Waals surface area (Å²) < 4.78 is 0. The van der Waals surface area contributed by atoms with Gasteiger partial charge in [0.2, 0.25) is 5.91 Å². The van der Waals surface area contributed by atoms with Crippen molar-refractivity contribution in [3.05, 3.63) is 35.9 Å². The maximum atomic E-state index is 10.5. The molecule has 0 aliphatic carbocycles. The van der Waals surface area contributed by atoms with Gasteiger partial charge in [0.05, 0.1) is 0 Å². The van der Waals surface area contributed by atoms with E-state index in [0.717, 1.165) is 19.4 Å². The van der Waals surface area contributed by atoms with E-state index in [-0.39, 0.29) is 6.54 Å². The molecule has 1 amide bonds. The number of hydrogen-bond acceptors (Lipinski definition) is 3. The van der Waals surface area contributed by atoms with Gasteiger partial charge in [-0.1, -0.05) is 30.3 Å². The molecule has 1 unspecified atom stereocenters. The normalized spacial score (nSPS) is 12.3. The second-order valence-corrected chi connectivity index (χ2v) is 3.71. The summed E-state index contributed by atoms with van der Waals surface area (Å²) in [5, 5.41) is 12.1. The van der Waals surface area contributed by atoms with E-state index in [1.54, 1.807) is 0 Å². The number of nitrogens with two attached hydrogens (primary N) is 1. The number of aliphatic hydroxyl groups excluding tert-OH is 1. The summed E-state index contributed by atoms with van der Waals surface area (Å²) in [5.74, 6) is -0.685. The molecule has 0 heterocycles. The Morgan fingerprint density at radius 3 is 2.69 bits per heavy atom. The molecular formula is C12H18N2O2. The summed E-state index contributed by atoms with van der Waals surface area (Å²) in [5.41, 5.74) is 6.20. The van der Waals surface area contributed by atoms with Crippen LogP contribution in [0.5, 0.6) is 0 Å². The van der Waals surface area contributed by atoms with E-state index in [0.29, 0.717) is 0 Å². The van der Waals surface area contributed by atoms with Gasteiger partial charge in [-0.25, -0.2) is 0 Å². The summed E-state index contributed by atoms with van der Waals surface area (Å²) in [6, 6.07) is 10.2. The SMILES string of the molecule is NC(=O)C(O)CNCCCc1ccccc1. The van der Waals surface area contributed by atoms with Crippen molar-refractivity contribution in [2.75, 3.05) is 13.1 Å². The lowest BCUT2D eigenvalue weighted by Crippen LogP contribution is -2.37. The topological polar surface area (TPSA) is 75.4 Å². The van der Waals surface area contributed by atoms with Gasteiger partial charge in [-0.2, -0.15) is 0 Å². The fraction of sp³-hybridized carbons (Fsp3) is 0.417. The van der Waals surface area contributed by atoms with E-state index in [1.165, 1.54) is 5.56 Å². The van der Waals surface area contributed by atoms with Crippen molar-refractivity contribution in [2.45, 2.75) is 18.9 Å². The Labute approximate surface area is 95.5 Å². The minimum atomic E-state index is -1.09. The molecule has 4 heteroatoms. The number of rotatable bonds is 7. The van der Waals surface area contributed by atoms with Gasteiger partial charge in [0.1, 0.15) is 6.10 Å². The van der Waals surface area contributed by atoms with E-state index in [1.807, 2.05) is 18.2 Å². The van der Waals surface area contributed by atoms with E-state index in [2.05, 4.69) is 17.4 Å². The van der Waals surface area contributed by atoms with E-state index < -0.39 is 12.0 Å². The van der Waals surface area contributed by atoms with Crippen molar-refractivity contribution in [2.24, 2.45) is 5.73 Å². The largest absolute Gasteiger partial charge is 0.382 e. The van der Waals surface area contributed by atoms with Gasteiger partial charge in [-0.15, -0.1) is 0 Å². The number of carbonyl (C=O) groups is 1. The monoisotopic (exact) mass is 222 g/mol. The van der Waals surface area contributed by atoms with Gasteiger partial charge in [-0.05, 0) is 24.9 Å². The minimum Gasteiger partial charge on any atom is -0.382 e. The van der Waals surface area contributed by atoms with E-state index in [4.69, 9.17) is 10.8 Å². The first-order valence-corrected chi connectivity index (χ1v) is 5.42. The molecule has 1 aromatic carbocycles. The van der Waals surface area contributed by atoms with Crippen LogP contribution in [-0.4, -0.2) is 30.2 Å². The zero-order valence-electron chi connectivity index (χ0n) is 9.23. The average molecular weight is 222 g/mol. The van der Waals surface area contributed by atoms with Crippen LogP contribution in [-0.2, 0) is 11.2 Å². The molecule has 0 aromatic heterocycles.